The van der Waals surface area contributed by atoms with Gasteiger partial charge in [0.05, 0.1) is 16.8 Å². The van der Waals surface area contributed by atoms with Gasteiger partial charge in [0, 0.05) is 11.3 Å². The third-order valence-electron chi connectivity index (χ3n) is 2.97. The van der Waals surface area contributed by atoms with E-state index in [0.29, 0.717) is 0 Å². The molecule has 23 heavy (non-hydrogen) atoms. The second-order valence-electron chi connectivity index (χ2n) is 4.65. The first kappa shape index (κ1) is 16.4. The lowest BCUT2D eigenvalue weighted by molar-refractivity contribution is -0.137. The van der Waals surface area contributed by atoms with Crippen LogP contribution in [0.4, 0.5) is 24.5 Å². The van der Waals surface area contributed by atoms with E-state index in [1.807, 2.05) is 0 Å². The van der Waals surface area contributed by atoms with E-state index in [1.165, 1.54) is 31.2 Å². The number of halogens is 3. The van der Waals surface area contributed by atoms with E-state index in [2.05, 4.69) is 17.2 Å². The van der Waals surface area contributed by atoms with Crippen LogP contribution in [0.2, 0.25) is 0 Å². The number of carboxylic acids is 1. The Morgan fingerprint density at radius 1 is 1.17 bits per heavy atom. The number of benzene rings is 2. The summed E-state index contributed by atoms with van der Waals surface area (Å²) in [5, 5.41) is 11.8. The van der Waals surface area contributed by atoms with Crippen LogP contribution in [0.3, 0.4) is 0 Å². The van der Waals surface area contributed by atoms with Crippen molar-refractivity contribution in [1.82, 2.24) is 0 Å². The van der Waals surface area contributed by atoms with E-state index < -0.39 is 17.7 Å². The van der Waals surface area contributed by atoms with E-state index >= 15 is 0 Å². The van der Waals surface area contributed by atoms with Gasteiger partial charge in [0.25, 0.3) is 0 Å². The molecule has 0 aliphatic carbocycles. The minimum absolute atomic E-state index is 0.0342. The summed E-state index contributed by atoms with van der Waals surface area (Å²) in [6, 6.07) is 9.28. The Bertz CT molecular complexity index is 801. The van der Waals surface area contributed by atoms with Crippen molar-refractivity contribution < 1.29 is 23.1 Å². The van der Waals surface area contributed by atoms with Gasteiger partial charge in [0.2, 0.25) is 0 Å². The first-order chi connectivity index (χ1) is 10.8. The first-order valence-corrected chi connectivity index (χ1v) is 6.55. The Morgan fingerprint density at radius 3 is 2.48 bits per heavy atom. The minimum Gasteiger partial charge on any atom is -0.478 e. The molecule has 2 rings (SSSR count). The standard InChI is InChI=1S/C17H12F3NO2/c1-2-5-11-8-12(17(18,19)20)10-13(9-11)21-15-7-4-3-6-14(15)16(22)23/h3-4,6-10,21H,1H3,(H,22,23). The molecule has 0 amide bonds. The lowest BCUT2D eigenvalue weighted by Crippen LogP contribution is -2.07. The van der Waals surface area contributed by atoms with Gasteiger partial charge in [-0.15, -0.1) is 5.92 Å². The molecule has 0 unspecified atom stereocenters. The van der Waals surface area contributed by atoms with Gasteiger partial charge in [-0.05, 0) is 37.3 Å². The molecular weight excluding hydrogens is 307 g/mol. The number of carboxylic acid groups (broad SMARTS) is 1. The maximum Gasteiger partial charge on any atom is 0.416 e. The van der Waals surface area contributed by atoms with Crippen LogP contribution in [0.25, 0.3) is 0 Å². The van der Waals surface area contributed by atoms with Crippen LogP contribution >= 0.6 is 0 Å². The summed E-state index contributed by atoms with van der Waals surface area (Å²) in [7, 11) is 0. The molecule has 6 heteroatoms. The molecule has 2 aromatic carbocycles. The number of para-hydroxylation sites is 1. The highest BCUT2D eigenvalue weighted by molar-refractivity contribution is 5.95. The third-order valence-corrected chi connectivity index (χ3v) is 2.97. The summed E-state index contributed by atoms with van der Waals surface area (Å²) in [6.07, 6.45) is -4.52. The van der Waals surface area contributed by atoms with Crippen molar-refractivity contribution in [3.05, 3.63) is 59.2 Å². The van der Waals surface area contributed by atoms with E-state index in [1.54, 1.807) is 6.07 Å². The molecule has 0 radical (unpaired) electrons. The molecule has 0 atom stereocenters. The first-order valence-electron chi connectivity index (χ1n) is 6.55. The van der Waals surface area contributed by atoms with E-state index in [-0.39, 0.29) is 22.5 Å². The fourth-order valence-electron chi connectivity index (χ4n) is 2.01. The number of rotatable bonds is 3. The highest BCUT2D eigenvalue weighted by Gasteiger charge is 2.31. The molecule has 0 heterocycles. The molecule has 2 N–H and O–H groups in total. The van der Waals surface area contributed by atoms with Crippen molar-refractivity contribution in [3.8, 4) is 11.8 Å². The second kappa shape index (κ2) is 6.44. The number of nitrogens with one attached hydrogen (secondary N) is 1. The van der Waals surface area contributed by atoms with Crippen LogP contribution in [0, 0.1) is 11.8 Å². The number of alkyl halides is 3. The largest absolute Gasteiger partial charge is 0.478 e. The monoisotopic (exact) mass is 319 g/mol. The third kappa shape index (κ3) is 4.04. The maximum atomic E-state index is 13.0. The van der Waals surface area contributed by atoms with Crippen molar-refractivity contribution in [2.45, 2.75) is 13.1 Å². The Kier molecular flexibility index (Phi) is 4.60. The zero-order valence-corrected chi connectivity index (χ0v) is 12.0. The average molecular weight is 319 g/mol. The quantitative estimate of drug-likeness (QED) is 0.818. The molecule has 3 nitrogen and oxygen atoms in total. The Labute approximate surface area is 130 Å². The second-order valence-corrected chi connectivity index (χ2v) is 4.65. The molecule has 0 saturated heterocycles. The molecule has 0 spiro atoms. The molecule has 0 aliphatic rings. The van der Waals surface area contributed by atoms with Gasteiger partial charge in [-0.1, -0.05) is 18.1 Å². The molecule has 0 aromatic heterocycles. The number of hydrogen-bond acceptors (Lipinski definition) is 2. The number of carbonyl (C=O) groups is 1. The summed E-state index contributed by atoms with van der Waals surface area (Å²) < 4.78 is 38.9. The van der Waals surface area contributed by atoms with Crippen molar-refractivity contribution >= 4 is 17.3 Å². The Hall–Kier alpha value is -2.94. The molecule has 0 saturated carbocycles. The van der Waals surface area contributed by atoms with Gasteiger partial charge in [0.1, 0.15) is 0 Å². The fourth-order valence-corrected chi connectivity index (χ4v) is 2.01. The van der Waals surface area contributed by atoms with Crippen molar-refractivity contribution in [1.29, 1.82) is 0 Å². The van der Waals surface area contributed by atoms with Crippen molar-refractivity contribution in [2.75, 3.05) is 5.32 Å². The van der Waals surface area contributed by atoms with Gasteiger partial charge in [-0.25, -0.2) is 4.79 Å². The minimum atomic E-state index is -4.52. The molecule has 118 valence electrons. The van der Waals surface area contributed by atoms with Crippen molar-refractivity contribution in [2.24, 2.45) is 0 Å². The predicted molar refractivity (Wildman–Crippen MR) is 80.7 cm³/mol. The van der Waals surface area contributed by atoms with E-state index in [0.717, 1.165) is 12.1 Å². The summed E-state index contributed by atoms with van der Waals surface area (Å²) in [5.41, 5.74) is -0.375. The summed E-state index contributed by atoms with van der Waals surface area (Å²) in [4.78, 5) is 11.2. The van der Waals surface area contributed by atoms with E-state index in [9.17, 15) is 18.0 Å². The zero-order valence-electron chi connectivity index (χ0n) is 12.0. The highest BCUT2D eigenvalue weighted by Crippen LogP contribution is 2.33. The molecule has 0 aliphatic heterocycles. The van der Waals surface area contributed by atoms with Crippen LogP contribution in [0.5, 0.6) is 0 Å². The number of aromatic carboxylic acids is 1. The zero-order chi connectivity index (χ0) is 17.0. The summed E-state index contributed by atoms with van der Waals surface area (Å²) in [6.45, 7) is 1.52. The van der Waals surface area contributed by atoms with Crippen LogP contribution in [0.1, 0.15) is 28.4 Å². The lowest BCUT2D eigenvalue weighted by atomic mass is 10.1. The molecular formula is C17H12F3NO2. The van der Waals surface area contributed by atoms with Crippen LogP contribution < -0.4 is 5.32 Å². The summed E-state index contributed by atoms with van der Waals surface area (Å²) in [5.74, 6) is 3.95. The highest BCUT2D eigenvalue weighted by atomic mass is 19.4. The maximum absolute atomic E-state index is 13.0. The number of hydrogen-bond donors (Lipinski definition) is 2. The topological polar surface area (TPSA) is 49.3 Å². The SMILES string of the molecule is CC#Cc1cc(Nc2ccccc2C(=O)O)cc(C(F)(F)F)c1. The molecule has 2 aromatic rings. The van der Waals surface area contributed by atoms with Gasteiger partial charge in [-0.2, -0.15) is 13.2 Å². The van der Waals surface area contributed by atoms with Crippen LogP contribution in [-0.2, 0) is 6.18 Å². The smallest absolute Gasteiger partial charge is 0.416 e. The molecule has 0 fully saturated rings. The average Bonchev–Trinajstić information content (AvgIpc) is 2.47. The predicted octanol–water partition coefficient (Wildman–Crippen LogP) is 4.52. The molecule has 0 bridgehead atoms. The Morgan fingerprint density at radius 2 is 1.87 bits per heavy atom. The van der Waals surface area contributed by atoms with E-state index in [4.69, 9.17) is 5.11 Å². The van der Waals surface area contributed by atoms with Gasteiger partial charge < -0.3 is 10.4 Å². The Balaban J connectivity index is 2.49. The fraction of sp³-hybridized carbons (Fsp3) is 0.118. The van der Waals surface area contributed by atoms with Gasteiger partial charge in [-0.3, -0.25) is 0 Å². The van der Waals surface area contributed by atoms with Crippen LogP contribution in [-0.4, -0.2) is 11.1 Å². The lowest BCUT2D eigenvalue weighted by Gasteiger charge is -2.13. The van der Waals surface area contributed by atoms with Crippen molar-refractivity contribution in [3.63, 3.8) is 0 Å². The number of anilines is 2. The van der Waals surface area contributed by atoms with Crippen LogP contribution in [0.15, 0.2) is 42.5 Å². The van der Waals surface area contributed by atoms with Gasteiger partial charge in [0.15, 0.2) is 0 Å². The summed E-state index contributed by atoms with van der Waals surface area (Å²) >= 11 is 0. The van der Waals surface area contributed by atoms with Gasteiger partial charge >= 0.3 is 12.1 Å². The normalized spacial score (nSPS) is 10.6.